The molecule has 0 saturated heterocycles. The smallest absolute Gasteiger partial charge is 0.252 e. The number of carbonyl (C=O) groups excluding carboxylic acids is 1. The average molecular weight is 216 g/mol. The van der Waals surface area contributed by atoms with Crippen LogP contribution < -0.4 is 5.73 Å². The number of hydrogen-bond acceptors (Lipinski definition) is 3. The lowest BCUT2D eigenvalue weighted by atomic mass is 10.0. The Morgan fingerprint density at radius 3 is 2.27 bits per heavy atom. The van der Waals surface area contributed by atoms with E-state index in [0.29, 0.717) is 5.92 Å². The van der Waals surface area contributed by atoms with Gasteiger partial charge in [0.25, 0.3) is 5.91 Å². The van der Waals surface area contributed by atoms with Crippen molar-refractivity contribution in [3.05, 3.63) is 0 Å². The van der Waals surface area contributed by atoms with Crippen molar-refractivity contribution in [1.82, 2.24) is 4.90 Å². The molecule has 0 bridgehead atoms. The fourth-order valence-corrected chi connectivity index (χ4v) is 1.58. The number of nitrogens with two attached hydrogens (primary N) is 1. The van der Waals surface area contributed by atoms with Crippen LogP contribution in [-0.4, -0.2) is 43.7 Å². The third-order valence-electron chi connectivity index (χ3n) is 2.60. The molecule has 1 amide bonds. The van der Waals surface area contributed by atoms with Gasteiger partial charge in [-0.3, -0.25) is 4.79 Å². The van der Waals surface area contributed by atoms with Gasteiger partial charge in [-0.05, 0) is 19.3 Å². The van der Waals surface area contributed by atoms with Gasteiger partial charge in [-0.1, -0.05) is 13.8 Å². The number of nitrogens with zero attached hydrogens (tertiary/aromatic N) is 1. The number of ether oxygens (including phenoxy) is 1. The molecule has 0 aromatic carbocycles. The monoisotopic (exact) mass is 216 g/mol. The second kappa shape index (κ2) is 6.80. The van der Waals surface area contributed by atoms with Crippen LogP contribution in [0, 0.1) is 5.92 Å². The van der Waals surface area contributed by atoms with Gasteiger partial charge in [0.2, 0.25) is 0 Å². The lowest BCUT2D eigenvalue weighted by molar-refractivity contribution is -0.142. The Labute approximate surface area is 92.8 Å². The molecule has 0 aliphatic carbocycles. The van der Waals surface area contributed by atoms with Gasteiger partial charge in [0.15, 0.2) is 0 Å². The predicted octanol–water partition coefficient (Wildman–Crippen LogP) is 0.853. The normalized spacial score (nSPS) is 15.1. The van der Waals surface area contributed by atoms with Crippen molar-refractivity contribution in [2.75, 3.05) is 20.7 Å². The first-order chi connectivity index (χ1) is 6.93. The molecule has 0 aromatic rings. The number of carbonyl (C=O) groups is 1. The van der Waals surface area contributed by atoms with Gasteiger partial charge < -0.3 is 15.4 Å². The quantitative estimate of drug-likeness (QED) is 0.716. The third-order valence-corrected chi connectivity index (χ3v) is 2.60. The zero-order valence-electron chi connectivity index (χ0n) is 10.5. The van der Waals surface area contributed by atoms with Crippen LogP contribution in [0.25, 0.3) is 0 Å². The minimum atomic E-state index is -0.510. The molecule has 2 unspecified atom stereocenters. The van der Waals surface area contributed by atoms with Crippen LogP contribution in [0.2, 0.25) is 0 Å². The van der Waals surface area contributed by atoms with Crippen molar-refractivity contribution in [3.63, 3.8) is 0 Å². The fourth-order valence-electron chi connectivity index (χ4n) is 1.58. The number of amides is 1. The molecule has 0 aromatic heterocycles. The molecule has 0 aliphatic rings. The Hall–Kier alpha value is -0.610. The van der Waals surface area contributed by atoms with E-state index in [-0.39, 0.29) is 18.5 Å². The van der Waals surface area contributed by atoms with Gasteiger partial charge >= 0.3 is 0 Å². The van der Waals surface area contributed by atoms with Crippen molar-refractivity contribution in [1.29, 1.82) is 0 Å². The summed E-state index contributed by atoms with van der Waals surface area (Å²) < 4.78 is 5.02. The van der Waals surface area contributed by atoms with Gasteiger partial charge in [0.05, 0.1) is 0 Å². The molecule has 15 heavy (non-hydrogen) atoms. The Balaban J connectivity index is 4.29. The van der Waals surface area contributed by atoms with Crippen LogP contribution in [0.5, 0.6) is 0 Å². The molecule has 90 valence electrons. The SMILES string of the molecule is COC(CN)C(=O)N(C)C(C)CC(C)C. The highest BCUT2D eigenvalue weighted by Crippen LogP contribution is 2.11. The number of likely N-dealkylation sites (N-methyl/N-ethyl adjacent to an activating group) is 1. The van der Waals surface area contributed by atoms with E-state index in [1.807, 2.05) is 6.92 Å². The highest BCUT2D eigenvalue weighted by atomic mass is 16.5. The fraction of sp³-hybridized carbons (Fsp3) is 0.909. The summed E-state index contributed by atoms with van der Waals surface area (Å²) >= 11 is 0. The highest BCUT2D eigenvalue weighted by Gasteiger charge is 2.23. The summed E-state index contributed by atoms with van der Waals surface area (Å²) in [7, 11) is 3.31. The first-order valence-corrected chi connectivity index (χ1v) is 5.43. The first kappa shape index (κ1) is 14.4. The summed E-state index contributed by atoms with van der Waals surface area (Å²) in [4.78, 5) is 13.6. The van der Waals surface area contributed by atoms with Gasteiger partial charge in [-0.15, -0.1) is 0 Å². The molecule has 4 nitrogen and oxygen atoms in total. The summed E-state index contributed by atoms with van der Waals surface area (Å²) in [6, 6.07) is 0.224. The highest BCUT2D eigenvalue weighted by molar-refractivity contribution is 5.81. The maximum absolute atomic E-state index is 11.8. The summed E-state index contributed by atoms with van der Waals surface area (Å²) in [5.74, 6) is 0.544. The number of hydrogen-bond donors (Lipinski definition) is 1. The molecule has 0 rings (SSSR count). The van der Waals surface area contributed by atoms with E-state index in [9.17, 15) is 4.79 Å². The Kier molecular flexibility index (Phi) is 6.52. The molecule has 2 atom stereocenters. The third kappa shape index (κ3) is 4.62. The average Bonchev–Trinajstić information content (AvgIpc) is 2.17. The molecule has 0 fully saturated rings. The van der Waals surface area contributed by atoms with Gasteiger partial charge in [-0.25, -0.2) is 0 Å². The minimum absolute atomic E-state index is 0.0341. The van der Waals surface area contributed by atoms with Crippen molar-refractivity contribution in [2.24, 2.45) is 11.7 Å². The summed E-state index contributed by atoms with van der Waals surface area (Å²) in [6.07, 6.45) is 0.480. The van der Waals surface area contributed by atoms with Crippen molar-refractivity contribution < 1.29 is 9.53 Å². The largest absolute Gasteiger partial charge is 0.370 e. The molecule has 0 heterocycles. The second-order valence-electron chi connectivity index (χ2n) is 4.39. The zero-order valence-corrected chi connectivity index (χ0v) is 10.5. The molecule has 0 aliphatic heterocycles. The van der Waals surface area contributed by atoms with E-state index in [4.69, 9.17) is 10.5 Å². The van der Waals surface area contributed by atoms with E-state index in [1.165, 1.54) is 7.11 Å². The maximum atomic E-state index is 11.8. The molecule has 0 spiro atoms. The van der Waals surface area contributed by atoms with Crippen molar-refractivity contribution >= 4 is 5.91 Å². The minimum Gasteiger partial charge on any atom is -0.370 e. The van der Waals surface area contributed by atoms with Gasteiger partial charge in [0.1, 0.15) is 6.10 Å². The molecular weight excluding hydrogens is 192 g/mol. The van der Waals surface area contributed by atoms with Crippen LogP contribution >= 0.6 is 0 Å². The van der Waals surface area contributed by atoms with E-state index in [0.717, 1.165) is 6.42 Å². The van der Waals surface area contributed by atoms with Gasteiger partial charge in [0, 0.05) is 26.7 Å². The molecule has 2 N–H and O–H groups in total. The Morgan fingerprint density at radius 1 is 1.40 bits per heavy atom. The van der Waals surface area contributed by atoms with Crippen molar-refractivity contribution in [3.8, 4) is 0 Å². The summed E-state index contributed by atoms with van der Waals surface area (Å²) in [5.41, 5.74) is 5.45. The maximum Gasteiger partial charge on any atom is 0.252 e. The zero-order chi connectivity index (χ0) is 12.0. The van der Waals surface area contributed by atoms with Crippen molar-refractivity contribution in [2.45, 2.75) is 39.3 Å². The van der Waals surface area contributed by atoms with Gasteiger partial charge in [-0.2, -0.15) is 0 Å². The molecule has 0 saturated carbocycles. The van der Waals surface area contributed by atoms with E-state index in [1.54, 1.807) is 11.9 Å². The Morgan fingerprint density at radius 2 is 1.93 bits per heavy atom. The van der Waals surface area contributed by atoms with E-state index >= 15 is 0 Å². The number of methoxy groups -OCH3 is 1. The van der Waals surface area contributed by atoms with Crippen LogP contribution in [0.4, 0.5) is 0 Å². The van der Waals surface area contributed by atoms with Crippen LogP contribution in [0.3, 0.4) is 0 Å². The lowest BCUT2D eigenvalue weighted by Gasteiger charge is -2.29. The predicted molar refractivity (Wildman–Crippen MR) is 61.5 cm³/mol. The summed E-state index contributed by atoms with van der Waals surface area (Å²) in [6.45, 7) is 6.56. The van der Waals surface area contributed by atoms with Crippen LogP contribution in [-0.2, 0) is 9.53 Å². The topological polar surface area (TPSA) is 55.6 Å². The Bertz CT molecular complexity index is 191. The molecular formula is C11H24N2O2. The standard InChI is InChI=1S/C11H24N2O2/c1-8(2)6-9(3)13(4)11(14)10(7-12)15-5/h8-10H,6-7,12H2,1-5H3. The first-order valence-electron chi connectivity index (χ1n) is 5.43. The molecule has 4 heteroatoms. The molecule has 0 radical (unpaired) electrons. The van der Waals surface area contributed by atoms with Crippen LogP contribution in [0.1, 0.15) is 27.2 Å². The van der Waals surface area contributed by atoms with E-state index in [2.05, 4.69) is 13.8 Å². The summed E-state index contributed by atoms with van der Waals surface area (Å²) in [5, 5.41) is 0. The lowest BCUT2D eigenvalue weighted by Crippen LogP contribution is -2.45. The number of rotatable bonds is 6. The second-order valence-corrected chi connectivity index (χ2v) is 4.39. The van der Waals surface area contributed by atoms with Crippen LogP contribution in [0.15, 0.2) is 0 Å². The van der Waals surface area contributed by atoms with E-state index < -0.39 is 6.10 Å².